The molecule has 1 aromatic rings. The van der Waals surface area contributed by atoms with Gasteiger partial charge in [-0.1, -0.05) is 0 Å². The number of benzene rings is 1. The highest BCUT2D eigenvalue weighted by molar-refractivity contribution is 7.85. The van der Waals surface area contributed by atoms with E-state index in [0.29, 0.717) is 23.4 Å². The van der Waals surface area contributed by atoms with E-state index in [2.05, 4.69) is 4.99 Å². The highest BCUT2D eigenvalue weighted by Gasteiger charge is 2.03. The van der Waals surface area contributed by atoms with Crippen LogP contribution in [0.2, 0.25) is 0 Å². The van der Waals surface area contributed by atoms with Crippen LogP contribution in [0.1, 0.15) is 0 Å². The molecule has 0 aliphatic heterocycles. The molecule has 0 bridgehead atoms. The number of nitrogens with zero attached hydrogens (tertiary/aromatic N) is 1. The van der Waals surface area contributed by atoms with Gasteiger partial charge in [-0.2, -0.15) is 8.42 Å². The van der Waals surface area contributed by atoms with E-state index in [1.807, 2.05) is 0 Å². The highest BCUT2D eigenvalue weighted by atomic mass is 32.2. The zero-order chi connectivity index (χ0) is 15.1. The maximum atomic E-state index is 9.19. The summed E-state index contributed by atoms with van der Waals surface area (Å²) < 4.78 is 36.0. The smallest absolute Gasteiger partial charge is 0.261 e. The average molecular weight is 291 g/mol. The van der Waals surface area contributed by atoms with Crippen LogP contribution in [0.5, 0.6) is 11.5 Å². The molecule has 19 heavy (non-hydrogen) atoms. The lowest BCUT2D eigenvalue weighted by Gasteiger charge is -2.07. The molecule has 0 saturated heterocycles. The molecule has 0 atom stereocenters. The van der Waals surface area contributed by atoms with Gasteiger partial charge in [0.15, 0.2) is 17.5 Å². The standard InChI is InChI=1S/C9H13N3O2.CH4O3S/c1-13-7-4-3-6(12-9(10)11)5-8(7)14-2;1-5(2,3)4/h3-5H,1-2H3,(H4,10,11,12);1H3,(H,2,3,4). The molecule has 1 aromatic carbocycles. The molecular formula is C10H17N3O5S. The van der Waals surface area contributed by atoms with Crippen molar-refractivity contribution in [3.63, 3.8) is 0 Å². The van der Waals surface area contributed by atoms with Crippen molar-refractivity contribution < 1.29 is 22.4 Å². The summed E-state index contributed by atoms with van der Waals surface area (Å²) in [7, 11) is -0.546. The Morgan fingerprint density at radius 1 is 1.21 bits per heavy atom. The molecule has 0 amide bonds. The highest BCUT2D eigenvalue weighted by Crippen LogP contribution is 2.30. The van der Waals surface area contributed by atoms with Crippen LogP contribution in [-0.4, -0.2) is 39.4 Å². The fourth-order valence-corrected chi connectivity index (χ4v) is 1.04. The van der Waals surface area contributed by atoms with Crippen molar-refractivity contribution in [2.45, 2.75) is 0 Å². The molecule has 0 fully saturated rings. The van der Waals surface area contributed by atoms with E-state index in [1.54, 1.807) is 32.4 Å². The second-order valence-corrected chi connectivity index (χ2v) is 4.78. The first-order valence-corrected chi connectivity index (χ1v) is 6.76. The first-order valence-electron chi connectivity index (χ1n) is 4.91. The SMILES string of the molecule is COc1ccc(N=C(N)N)cc1OC.CS(=O)(=O)O. The van der Waals surface area contributed by atoms with Crippen LogP contribution in [0, 0.1) is 0 Å². The van der Waals surface area contributed by atoms with Gasteiger partial charge in [-0.15, -0.1) is 0 Å². The second kappa shape index (κ2) is 7.44. The topological polar surface area (TPSA) is 137 Å². The van der Waals surface area contributed by atoms with Gasteiger partial charge in [0.1, 0.15) is 0 Å². The Kier molecular flexibility index (Phi) is 6.66. The third kappa shape index (κ3) is 8.69. The molecule has 0 saturated carbocycles. The molecule has 0 aliphatic rings. The van der Waals surface area contributed by atoms with E-state index in [0.717, 1.165) is 0 Å². The number of ether oxygens (including phenoxy) is 2. The Balaban J connectivity index is 0.000000555. The lowest BCUT2D eigenvalue weighted by atomic mass is 10.3. The Hall–Kier alpha value is -2.00. The van der Waals surface area contributed by atoms with Gasteiger partial charge in [0.2, 0.25) is 0 Å². The summed E-state index contributed by atoms with van der Waals surface area (Å²) in [5.41, 5.74) is 11.1. The molecule has 9 heteroatoms. The van der Waals surface area contributed by atoms with Gasteiger partial charge in [-0.05, 0) is 12.1 Å². The number of nitrogens with two attached hydrogens (primary N) is 2. The Morgan fingerprint density at radius 3 is 2.05 bits per heavy atom. The van der Waals surface area contributed by atoms with Gasteiger partial charge < -0.3 is 20.9 Å². The molecular weight excluding hydrogens is 274 g/mol. The van der Waals surface area contributed by atoms with Crippen LogP contribution < -0.4 is 20.9 Å². The van der Waals surface area contributed by atoms with Crippen LogP contribution in [-0.2, 0) is 10.1 Å². The largest absolute Gasteiger partial charge is 0.493 e. The van der Waals surface area contributed by atoms with E-state index < -0.39 is 10.1 Å². The minimum atomic E-state index is -3.67. The van der Waals surface area contributed by atoms with Gasteiger partial charge in [-0.25, -0.2) is 4.99 Å². The minimum Gasteiger partial charge on any atom is -0.493 e. The third-order valence-electron chi connectivity index (χ3n) is 1.63. The van der Waals surface area contributed by atoms with Crippen molar-refractivity contribution in [1.82, 2.24) is 0 Å². The molecule has 1 rings (SSSR count). The Labute approximate surface area is 111 Å². The summed E-state index contributed by atoms with van der Waals surface area (Å²) in [5, 5.41) is 0. The first-order chi connectivity index (χ1) is 8.67. The lowest BCUT2D eigenvalue weighted by molar-refractivity contribution is 0.355. The van der Waals surface area contributed by atoms with Gasteiger partial charge in [0.25, 0.3) is 10.1 Å². The monoisotopic (exact) mass is 291 g/mol. The normalized spacial score (nSPS) is 9.89. The number of guanidine groups is 1. The lowest BCUT2D eigenvalue weighted by Crippen LogP contribution is -2.21. The fraction of sp³-hybridized carbons (Fsp3) is 0.300. The second-order valence-electron chi connectivity index (χ2n) is 3.31. The zero-order valence-corrected chi connectivity index (χ0v) is 11.6. The van der Waals surface area contributed by atoms with Gasteiger partial charge >= 0.3 is 0 Å². The summed E-state index contributed by atoms with van der Waals surface area (Å²) >= 11 is 0. The number of hydrogen-bond acceptors (Lipinski definition) is 5. The van der Waals surface area contributed by atoms with E-state index in [4.69, 9.17) is 25.5 Å². The Morgan fingerprint density at radius 2 is 1.68 bits per heavy atom. The van der Waals surface area contributed by atoms with Crippen LogP contribution in [0.4, 0.5) is 5.69 Å². The van der Waals surface area contributed by atoms with Crippen molar-refractivity contribution in [1.29, 1.82) is 0 Å². The quantitative estimate of drug-likeness (QED) is 0.408. The molecule has 5 N–H and O–H groups in total. The van der Waals surface area contributed by atoms with Crippen molar-refractivity contribution in [3.8, 4) is 11.5 Å². The molecule has 0 aromatic heterocycles. The number of aliphatic imine (C=N–C) groups is 1. The van der Waals surface area contributed by atoms with Crippen LogP contribution in [0.3, 0.4) is 0 Å². The average Bonchev–Trinajstić information content (AvgIpc) is 2.25. The maximum Gasteiger partial charge on any atom is 0.261 e. The summed E-state index contributed by atoms with van der Waals surface area (Å²) in [6.45, 7) is 0. The Bertz CT molecular complexity index is 530. The number of hydrogen-bond donors (Lipinski definition) is 3. The molecule has 8 nitrogen and oxygen atoms in total. The molecule has 0 unspecified atom stereocenters. The zero-order valence-electron chi connectivity index (χ0n) is 10.8. The fourth-order valence-electron chi connectivity index (χ4n) is 1.04. The number of methoxy groups -OCH3 is 2. The summed E-state index contributed by atoms with van der Waals surface area (Å²) in [4.78, 5) is 3.88. The predicted molar refractivity (Wildman–Crippen MR) is 72.5 cm³/mol. The van der Waals surface area contributed by atoms with Gasteiger partial charge in [0, 0.05) is 6.07 Å². The van der Waals surface area contributed by atoms with Crippen molar-refractivity contribution >= 4 is 21.8 Å². The minimum absolute atomic E-state index is 0.0113. The van der Waals surface area contributed by atoms with Crippen LogP contribution >= 0.6 is 0 Å². The first kappa shape index (κ1) is 17.0. The van der Waals surface area contributed by atoms with E-state index in [-0.39, 0.29) is 5.96 Å². The van der Waals surface area contributed by atoms with E-state index in [1.165, 1.54) is 0 Å². The summed E-state index contributed by atoms with van der Waals surface area (Å²) in [6, 6.07) is 5.17. The maximum absolute atomic E-state index is 9.19. The van der Waals surface area contributed by atoms with E-state index in [9.17, 15) is 8.42 Å². The molecule has 0 heterocycles. The summed E-state index contributed by atoms with van der Waals surface area (Å²) in [6.07, 6.45) is 0.715. The van der Waals surface area contributed by atoms with Crippen LogP contribution in [0.25, 0.3) is 0 Å². The number of rotatable bonds is 3. The van der Waals surface area contributed by atoms with Gasteiger partial charge in [-0.3, -0.25) is 4.55 Å². The molecule has 0 aliphatic carbocycles. The third-order valence-corrected chi connectivity index (χ3v) is 1.63. The van der Waals surface area contributed by atoms with Crippen molar-refractivity contribution in [3.05, 3.63) is 18.2 Å². The van der Waals surface area contributed by atoms with Crippen molar-refractivity contribution in [2.75, 3.05) is 20.5 Å². The molecule has 0 spiro atoms. The van der Waals surface area contributed by atoms with Crippen molar-refractivity contribution in [2.24, 2.45) is 16.5 Å². The van der Waals surface area contributed by atoms with E-state index >= 15 is 0 Å². The van der Waals surface area contributed by atoms with Crippen LogP contribution in [0.15, 0.2) is 23.2 Å². The van der Waals surface area contributed by atoms with Gasteiger partial charge in [0.05, 0.1) is 26.2 Å². The summed E-state index contributed by atoms with van der Waals surface area (Å²) in [5.74, 6) is 1.24. The molecule has 108 valence electrons. The molecule has 0 radical (unpaired) electrons. The predicted octanol–water partition coefficient (Wildman–Crippen LogP) is 0.113.